The standard InChI is InChI=1S/C21H19F3N4S/c1-2-27-19(18(26-20(27)29)16-9-3-4-11-25-16)17-10-6-12-28(17)15-8-5-7-14(13-15)21(22,23)24/h3-13,18-19H,2H2,1H3,(H,26,29)/t18-,19+/m0/s1. The molecule has 150 valence electrons. The highest BCUT2D eigenvalue weighted by Crippen LogP contribution is 2.39. The lowest BCUT2D eigenvalue weighted by Gasteiger charge is -2.28. The second kappa shape index (κ2) is 7.51. The van der Waals surface area contributed by atoms with Crippen molar-refractivity contribution in [1.82, 2.24) is 19.8 Å². The number of alkyl halides is 3. The molecule has 3 aromatic rings. The van der Waals surface area contributed by atoms with Crippen LogP contribution < -0.4 is 5.32 Å². The Morgan fingerprint density at radius 2 is 1.93 bits per heavy atom. The minimum atomic E-state index is -4.40. The molecule has 1 aromatic carbocycles. The first-order valence-corrected chi connectivity index (χ1v) is 9.64. The van der Waals surface area contributed by atoms with Gasteiger partial charge in [-0.15, -0.1) is 0 Å². The van der Waals surface area contributed by atoms with Gasteiger partial charge < -0.3 is 14.8 Å². The summed E-state index contributed by atoms with van der Waals surface area (Å²) in [5.41, 5.74) is 1.44. The predicted molar refractivity (Wildman–Crippen MR) is 109 cm³/mol. The Balaban J connectivity index is 1.80. The van der Waals surface area contributed by atoms with Gasteiger partial charge in [-0.25, -0.2) is 0 Å². The van der Waals surface area contributed by atoms with E-state index in [0.29, 0.717) is 17.3 Å². The molecular formula is C21H19F3N4S. The molecule has 1 fully saturated rings. The molecule has 1 aliphatic rings. The Bertz CT molecular complexity index is 1020. The number of pyridine rings is 1. The minimum absolute atomic E-state index is 0.202. The first-order chi connectivity index (χ1) is 13.9. The number of nitrogens with zero attached hydrogens (tertiary/aromatic N) is 3. The zero-order valence-corrected chi connectivity index (χ0v) is 16.4. The molecule has 0 spiro atoms. The second-order valence-electron chi connectivity index (χ2n) is 6.76. The van der Waals surface area contributed by atoms with Gasteiger partial charge in [0.15, 0.2) is 5.11 Å². The van der Waals surface area contributed by atoms with E-state index in [1.54, 1.807) is 23.0 Å². The third-order valence-corrected chi connectivity index (χ3v) is 5.43. The summed E-state index contributed by atoms with van der Waals surface area (Å²) in [6, 6.07) is 14.3. The number of aromatic nitrogens is 2. The summed E-state index contributed by atoms with van der Waals surface area (Å²) in [6.45, 7) is 2.66. The maximum Gasteiger partial charge on any atom is 0.416 e. The fourth-order valence-electron chi connectivity index (χ4n) is 3.77. The zero-order chi connectivity index (χ0) is 20.6. The third-order valence-electron chi connectivity index (χ3n) is 5.07. The number of benzene rings is 1. The van der Waals surface area contributed by atoms with Crippen LogP contribution >= 0.6 is 12.2 Å². The van der Waals surface area contributed by atoms with Crippen molar-refractivity contribution in [2.24, 2.45) is 0 Å². The average molecular weight is 416 g/mol. The highest BCUT2D eigenvalue weighted by molar-refractivity contribution is 7.80. The molecule has 2 atom stereocenters. The monoisotopic (exact) mass is 416 g/mol. The smallest absolute Gasteiger partial charge is 0.352 e. The topological polar surface area (TPSA) is 33.1 Å². The van der Waals surface area contributed by atoms with Crippen LogP contribution in [0.3, 0.4) is 0 Å². The Kier molecular flexibility index (Phi) is 5.04. The maximum atomic E-state index is 13.2. The quantitative estimate of drug-likeness (QED) is 0.615. The van der Waals surface area contributed by atoms with Crippen molar-refractivity contribution in [2.45, 2.75) is 25.2 Å². The lowest BCUT2D eigenvalue weighted by Crippen LogP contribution is -2.30. The highest BCUT2D eigenvalue weighted by Gasteiger charge is 2.40. The van der Waals surface area contributed by atoms with Gasteiger partial charge in [-0.3, -0.25) is 4.98 Å². The molecular weight excluding hydrogens is 397 g/mol. The van der Waals surface area contributed by atoms with Crippen LogP contribution in [0.4, 0.5) is 13.2 Å². The second-order valence-corrected chi connectivity index (χ2v) is 7.15. The minimum Gasteiger partial charge on any atom is -0.352 e. The molecule has 4 rings (SSSR count). The van der Waals surface area contributed by atoms with Crippen LogP contribution in [0.5, 0.6) is 0 Å². The molecule has 1 N–H and O–H groups in total. The van der Waals surface area contributed by atoms with Crippen molar-refractivity contribution in [2.75, 3.05) is 6.54 Å². The van der Waals surface area contributed by atoms with E-state index in [0.717, 1.165) is 23.5 Å². The van der Waals surface area contributed by atoms with E-state index in [1.807, 2.05) is 42.2 Å². The SMILES string of the molecule is CCN1C(=S)N[C@@H](c2ccccn2)[C@H]1c1cccn1-c1cccc(C(F)(F)F)c1. The van der Waals surface area contributed by atoms with Crippen LogP contribution in [0.2, 0.25) is 0 Å². The Morgan fingerprint density at radius 3 is 2.62 bits per heavy atom. The summed E-state index contributed by atoms with van der Waals surface area (Å²) < 4.78 is 41.4. The van der Waals surface area contributed by atoms with Crippen molar-refractivity contribution in [1.29, 1.82) is 0 Å². The van der Waals surface area contributed by atoms with Gasteiger partial charge in [0, 0.05) is 30.3 Å². The summed E-state index contributed by atoms with van der Waals surface area (Å²) in [7, 11) is 0. The largest absolute Gasteiger partial charge is 0.416 e. The van der Waals surface area contributed by atoms with Gasteiger partial charge >= 0.3 is 6.18 Å². The summed E-state index contributed by atoms with van der Waals surface area (Å²) >= 11 is 5.53. The summed E-state index contributed by atoms with van der Waals surface area (Å²) in [6.07, 6.45) is -0.904. The van der Waals surface area contributed by atoms with Crippen LogP contribution in [0.15, 0.2) is 67.0 Å². The van der Waals surface area contributed by atoms with Gasteiger partial charge in [0.25, 0.3) is 0 Å². The highest BCUT2D eigenvalue weighted by atomic mass is 32.1. The van der Waals surface area contributed by atoms with Gasteiger partial charge in [0.1, 0.15) is 0 Å². The van der Waals surface area contributed by atoms with Crippen LogP contribution in [0, 0.1) is 0 Å². The molecule has 8 heteroatoms. The summed E-state index contributed by atoms with van der Waals surface area (Å²) in [5.74, 6) is 0. The Hall–Kier alpha value is -2.87. The lowest BCUT2D eigenvalue weighted by molar-refractivity contribution is -0.137. The molecule has 1 aliphatic heterocycles. The number of hydrogen-bond acceptors (Lipinski definition) is 2. The molecule has 0 radical (unpaired) electrons. The van der Waals surface area contributed by atoms with Gasteiger partial charge in [-0.2, -0.15) is 13.2 Å². The molecule has 29 heavy (non-hydrogen) atoms. The maximum absolute atomic E-state index is 13.2. The molecule has 1 saturated heterocycles. The van der Waals surface area contributed by atoms with Gasteiger partial charge in [-0.05, 0) is 61.6 Å². The fourth-order valence-corrected chi connectivity index (χ4v) is 4.14. The molecule has 2 aromatic heterocycles. The fraction of sp³-hybridized carbons (Fsp3) is 0.238. The number of nitrogens with one attached hydrogen (secondary N) is 1. The zero-order valence-electron chi connectivity index (χ0n) is 15.6. The van der Waals surface area contributed by atoms with E-state index < -0.39 is 11.7 Å². The molecule has 0 amide bonds. The molecule has 3 heterocycles. The molecule has 0 saturated carbocycles. The number of thiocarbonyl (C=S) groups is 1. The van der Waals surface area contributed by atoms with E-state index >= 15 is 0 Å². The van der Waals surface area contributed by atoms with Gasteiger partial charge in [0.2, 0.25) is 0 Å². The van der Waals surface area contributed by atoms with Crippen molar-refractivity contribution < 1.29 is 13.2 Å². The normalized spacial score (nSPS) is 19.4. The van der Waals surface area contributed by atoms with Crippen molar-refractivity contribution in [3.8, 4) is 5.69 Å². The average Bonchev–Trinajstić information content (AvgIpc) is 3.32. The van der Waals surface area contributed by atoms with Crippen molar-refractivity contribution >= 4 is 17.3 Å². The van der Waals surface area contributed by atoms with E-state index in [2.05, 4.69) is 10.3 Å². The molecule has 0 aliphatic carbocycles. The van der Waals surface area contributed by atoms with Gasteiger partial charge in [0.05, 0.1) is 23.3 Å². The molecule has 4 nitrogen and oxygen atoms in total. The number of likely N-dealkylation sites (N-methyl/N-ethyl adjacent to an activating group) is 1. The van der Waals surface area contributed by atoms with Crippen LogP contribution in [-0.4, -0.2) is 26.1 Å². The van der Waals surface area contributed by atoms with Crippen LogP contribution in [0.25, 0.3) is 5.69 Å². The molecule has 0 bridgehead atoms. The van der Waals surface area contributed by atoms with E-state index in [-0.39, 0.29) is 12.1 Å². The van der Waals surface area contributed by atoms with Crippen molar-refractivity contribution in [3.63, 3.8) is 0 Å². The Labute approximate surface area is 172 Å². The first-order valence-electron chi connectivity index (χ1n) is 9.23. The van der Waals surface area contributed by atoms with Crippen molar-refractivity contribution in [3.05, 3.63) is 83.9 Å². The molecule has 0 unspecified atom stereocenters. The lowest BCUT2D eigenvalue weighted by atomic mass is 10.0. The number of halogens is 3. The first kappa shape index (κ1) is 19.4. The van der Waals surface area contributed by atoms with E-state index in [9.17, 15) is 13.2 Å². The van der Waals surface area contributed by atoms with Gasteiger partial charge in [-0.1, -0.05) is 12.1 Å². The Morgan fingerprint density at radius 1 is 1.10 bits per heavy atom. The van der Waals surface area contributed by atoms with Crippen LogP contribution in [-0.2, 0) is 6.18 Å². The van der Waals surface area contributed by atoms with E-state index in [1.165, 1.54) is 6.07 Å². The summed E-state index contributed by atoms with van der Waals surface area (Å²) in [5, 5.41) is 3.93. The predicted octanol–water partition coefficient (Wildman–Crippen LogP) is 4.88. The number of hydrogen-bond donors (Lipinski definition) is 1. The summed E-state index contributed by atoms with van der Waals surface area (Å²) in [4.78, 5) is 6.50. The van der Waals surface area contributed by atoms with Crippen LogP contribution in [0.1, 0.15) is 36.0 Å². The van der Waals surface area contributed by atoms with E-state index in [4.69, 9.17) is 12.2 Å². The third kappa shape index (κ3) is 3.60. The number of rotatable bonds is 4.